The second-order valence-corrected chi connectivity index (χ2v) is 5.50. The van der Waals surface area contributed by atoms with Crippen LogP contribution in [-0.4, -0.2) is 31.7 Å². The van der Waals surface area contributed by atoms with E-state index in [2.05, 4.69) is 29.7 Å². The van der Waals surface area contributed by atoms with Crippen LogP contribution in [0.4, 0.5) is 0 Å². The molecule has 110 valence electrons. The van der Waals surface area contributed by atoms with Crippen molar-refractivity contribution < 1.29 is 9.53 Å². The lowest BCUT2D eigenvalue weighted by molar-refractivity contribution is -0.147. The maximum atomic E-state index is 12.6. The number of carbonyl (C=O) groups is 1. The zero-order valence-corrected chi connectivity index (χ0v) is 12.5. The Labute approximate surface area is 120 Å². The smallest absolute Gasteiger partial charge is 0.252 e. The average molecular weight is 276 g/mol. The van der Waals surface area contributed by atoms with E-state index in [1.165, 1.54) is 5.56 Å². The molecule has 1 saturated heterocycles. The number of carbonyl (C=O) groups excluding carboxylic acids is 1. The van der Waals surface area contributed by atoms with Gasteiger partial charge in [-0.15, -0.1) is 0 Å². The third kappa shape index (κ3) is 3.02. The minimum Gasteiger partial charge on any atom is -0.368 e. The highest BCUT2D eigenvalue weighted by atomic mass is 16.5. The number of piperidine rings is 1. The Morgan fingerprint density at radius 1 is 1.35 bits per heavy atom. The molecule has 0 spiro atoms. The molecule has 2 N–H and O–H groups in total. The molecule has 1 aromatic carbocycles. The van der Waals surface area contributed by atoms with E-state index in [0.29, 0.717) is 0 Å². The van der Waals surface area contributed by atoms with E-state index in [9.17, 15) is 4.79 Å². The molecule has 20 heavy (non-hydrogen) atoms. The molecule has 0 aromatic heterocycles. The van der Waals surface area contributed by atoms with Crippen molar-refractivity contribution in [1.82, 2.24) is 10.6 Å². The third-order valence-corrected chi connectivity index (χ3v) is 4.22. The summed E-state index contributed by atoms with van der Waals surface area (Å²) in [6.45, 7) is 5.72. The van der Waals surface area contributed by atoms with Crippen LogP contribution in [0.2, 0.25) is 0 Å². The summed E-state index contributed by atoms with van der Waals surface area (Å²) < 4.78 is 5.56. The number of hydrogen-bond donors (Lipinski definition) is 2. The lowest BCUT2D eigenvalue weighted by Crippen LogP contribution is -2.54. The molecule has 1 fully saturated rings. The van der Waals surface area contributed by atoms with Crippen LogP contribution in [0, 0.1) is 6.92 Å². The molecular weight excluding hydrogens is 252 g/mol. The van der Waals surface area contributed by atoms with E-state index in [0.717, 1.165) is 31.5 Å². The molecule has 0 bridgehead atoms. The first-order valence-corrected chi connectivity index (χ1v) is 7.21. The maximum Gasteiger partial charge on any atom is 0.252 e. The van der Waals surface area contributed by atoms with Gasteiger partial charge in [-0.05, 0) is 50.9 Å². The van der Waals surface area contributed by atoms with Crippen molar-refractivity contribution in [3.8, 4) is 0 Å². The van der Waals surface area contributed by atoms with Gasteiger partial charge in [0.15, 0.2) is 0 Å². The molecule has 4 heteroatoms. The summed E-state index contributed by atoms with van der Waals surface area (Å²) >= 11 is 0. The van der Waals surface area contributed by atoms with E-state index < -0.39 is 5.60 Å². The molecule has 1 amide bonds. The minimum absolute atomic E-state index is 0.00254. The fraction of sp³-hybridized carbons (Fsp3) is 0.562. The van der Waals surface area contributed by atoms with E-state index in [-0.39, 0.29) is 11.9 Å². The van der Waals surface area contributed by atoms with Gasteiger partial charge in [-0.2, -0.15) is 0 Å². The van der Waals surface area contributed by atoms with Crippen LogP contribution < -0.4 is 10.6 Å². The van der Waals surface area contributed by atoms with Crippen molar-refractivity contribution in [3.05, 3.63) is 35.4 Å². The topological polar surface area (TPSA) is 50.4 Å². The van der Waals surface area contributed by atoms with Gasteiger partial charge in [0.1, 0.15) is 5.60 Å². The van der Waals surface area contributed by atoms with Crippen LogP contribution in [0.15, 0.2) is 24.3 Å². The standard InChI is InChI=1S/C16H24N2O2/c1-12-6-4-5-7-14(12)13(2)18-15(19)16(20-3)8-10-17-11-9-16/h4-7,13,17H,8-11H2,1-3H3,(H,18,19). The highest BCUT2D eigenvalue weighted by molar-refractivity contribution is 5.85. The van der Waals surface area contributed by atoms with Gasteiger partial charge >= 0.3 is 0 Å². The number of rotatable bonds is 4. The van der Waals surface area contributed by atoms with E-state index in [1.54, 1.807) is 7.11 Å². The Hall–Kier alpha value is -1.39. The van der Waals surface area contributed by atoms with Crippen LogP contribution in [0.1, 0.15) is 36.9 Å². The lowest BCUT2D eigenvalue weighted by Gasteiger charge is -2.35. The molecule has 2 rings (SSSR count). The second-order valence-electron chi connectivity index (χ2n) is 5.50. The molecule has 0 radical (unpaired) electrons. The van der Waals surface area contributed by atoms with Gasteiger partial charge in [-0.1, -0.05) is 24.3 Å². The van der Waals surface area contributed by atoms with Crippen LogP contribution in [0.25, 0.3) is 0 Å². The van der Waals surface area contributed by atoms with Gasteiger partial charge in [0, 0.05) is 7.11 Å². The van der Waals surface area contributed by atoms with Crippen molar-refractivity contribution in [2.24, 2.45) is 0 Å². The van der Waals surface area contributed by atoms with Crippen molar-refractivity contribution in [1.29, 1.82) is 0 Å². The molecule has 1 aliphatic heterocycles. The largest absolute Gasteiger partial charge is 0.368 e. The number of benzene rings is 1. The molecule has 1 aliphatic rings. The first-order chi connectivity index (χ1) is 9.59. The minimum atomic E-state index is -0.678. The van der Waals surface area contributed by atoms with E-state index >= 15 is 0 Å². The van der Waals surface area contributed by atoms with Gasteiger partial charge in [0.05, 0.1) is 6.04 Å². The van der Waals surface area contributed by atoms with Gasteiger partial charge < -0.3 is 15.4 Å². The van der Waals surface area contributed by atoms with Crippen molar-refractivity contribution in [2.75, 3.05) is 20.2 Å². The van der Waals surface area contributed by atoms with Gasteiger partial charge in [-0.3, -0.25) is 4.79 Å². The number of ether oxygens (including phenoxy) is 1. The Morgan fingerprint density at radius 2 is 2.00 bits per heavy atom. The molecule has 1 heterocycles. The monoisotopic (exact) mass is 276 g/mol. The quantitative estimate of drug-likeness (QED) is 0.883. The van der Waals surface area contributed by atoms with Crippen LogP contribution in [0.3, 0.4) is 0 Å². The zero-order valence-electron chi connectivity index (χ0n) is 12.5. The third-order valence-electron chi connectivity index (χ3n) is 4.22. The number of hydrogen-bond acceptors (Lipinski definition) is 3. The fourth-order valence-corrected chi connectivity index (χ4v) is 2.83. The highest BCUT2D eigenvalue weighted by Crippen LogP contribution is 2.25. The van der Waals surface area contributed by atoms with Gasteiger partial charge in [-0.25, -0.2) is 0 Å². The lowest BCUT2D eigenvalue weighted by atomic mass is 9.90. The van der Waals surface area contributed by atoms with Gasteiger partial charge in [0.25, 0.3) is 5.91 Å². The highest BCUT2D eigenvalue weighted by Gasteiger charge is 2.40. The summed E-state index contributed by atoms with van der Waals surface area (Å²) in [6, 6.07) is 8.13. The van der Waals surface area contributed by atoms with Crippen molar-refractivity contribution in [2.45, 2.75) is 38.3 Å². The van der Waals surface area contributed by atoms with Crippen molar-refractivity contribution in [3.63, 3.8) is 0 Å². The molecule has 1 unspecified atom stereocenters. The number of amides is 1. The first-order valence-electron chi connectivity index (χ1n) is 7.21. The number of nitrogens with one attached hydrogen (secondary N) is 2. The normalized spacial score (nSPS) is 19.4. The molecule has 0 aliphatic carbocycles. The Kier molecular flexibility index (Phi) is 4.78. The Balaban J connectivity index is 2.08. The summed E-state index contributed by atoms with van der Waals surface area (Å²) in [5.41, 5.74) is 1.67. The fourth-order valence-electron chi connectivity index (χ4n) is 2.83. The summed E-state index contributed by atoms with van der Waals surface area (Å²) in [5, 5.41) is 6.37. The summed E-state index contributed by atoms with van der Waals surface area (Å²) in [5.74, 6) is -0.00254. The predicted molar refractivity (Wildman–Crippen MR) is 79.6 cm³/mol. The second kappa shape index (κ2) is 6.37. The summed E-state index contributed by atoms with van der Waals surface area (Å²) in [7, 11) is 1.63. The predicted octanol–water partition coefficient (Wildman–Crippen LogP) is 1.94. The molecular formula is C16H24N2O2. The number of methoxy groups -OCH3 is 1. The SMILES string of the molecule is COC1(C(=O)NC(C)c2ccccc2C)CCNCC1. The summed E-state index contributed by atoms with van der Waals surface area (Å²) in [6.07, 6.45) is 1.44. The Morgan fingerprint density at radius 3 is 2.60 bits per heavy atom. The van der Waals surface area contributed by atoms with Crippen LogP contribution >= 0.6 is 0 Å². The summed E-state index contributed by atoms with van der Waals surface area (Å²) in [4.78, 5) is 12.6. The van der Waals surface area contributed by atoms with Crippen LogP contribution in [-0.2, 0) is 9.53 Å². The van der Waals surface area contributed by atoms with E-state index in [1.807, 2.05) is 19.1 Å². The maximum absolute atomic E-state index is 12.6. The zero-order chi connectivity index (χ0) is 14.6. The average Bonchev–Trinajstić information content (AvgIpc) is 2.48. The van der Waals surface area contributed by atoms with E-state index in [4.69, 9.17) is 4.74 Å². The molecule has 1 atom stereocenters. The molecule has 1 aromatic rings. The van der Waals surface area contributed by atoms with Gasteiger partial charge in [0.2, 0.25) is 0 Å². The first kappa shape index (κ1) is 15.0. The number of aryl methyl sites for hydroxylation is 1. The Bertz CT molecular complexity index is 467. The molecule has 4 nitrogen and oxygen atoms in total. The van der Waals surface area contributed by atoms with Crippen LogP contribution in [0.5, 0.6) is 0 Å². The molecule has 0 saturated carbocycles. The van der Waals surface area contributed by atoms with Crippen molar-refractivity contribution >= 4 is 5.91 Å².